The van der Waals surface area contributed by atoms with Gasteiger partial charge in [-0.15, -0.1) is 0 Å². The number of anilines is 4. The van der Waals surface area contributed by atoms with Gasteiger partial charge in [0.05, 0.1) is 41.8 Å². The number of aliphatic hydroxyl groups is 1. The first-order chi connectivity index (χ1) is 16.9. The first-order valence-electron chi connectivity index (χ1n) is 10.4. The molecule has 0 saturated heterocycles. The Hall–Kier alpha value is -4.71. The highest BCUT2D eigenvalue weighted by atomic mass is 16.5. The number of nitrogens with zero attached hydrogens (tertiary/aromatic N) is 2. The Morgan fingerprint density at radius 3 is 2.34 bits per heavy atom. The number of hydrogen-bond donors (Lipinski definition) is 6. The number of para-hydroxylation sites is 1. The molecule has 35 heavy (non-hydrogen) atoms. The van der Waals surface area contributed by atoms with Gasteiger partial charge in [-0.25, -0.2) is 14.8 Å². The number of aliphatic hydroxyl groups excluding tert-OH is 1. The summed E-state index contributed by atoms with van der Waals surface area (Å²) in [6, 6.07) is 9.34. The highest BCUT2D eigenvalue weighted by Crippen LogP contribution is 2.33. The molecule has 0 bridgehead atoms. The molecule has 0 atom stereocenters. The summed E-state index contributed by atoms with van der Waals surface area (Å²) in [5.74, 6) is -1.01. The molecule has 0 aliphatic rings. The summed E-state index contributed by atoms with van der Waals surface area (Å²) in [5.41, 5.74) is 1.27. The van der Waals surface area contributed by atoms with Crippen LogP contribution in [0.5, 0.6) is 5.75 Å². The summed E-state index contributed by atoms with van der Waals surface area (Å²) >= 11 is 0. The van der Waals surface area contributed by atoms with Crippen LogP contribution < -0.4 is 26.0 Å². The van der Waals surface area contributed by atoms with Crippen LogP contribution >= 0.6 is 0 Å². The summed E-state index contributed by atoms with van der Waals surface area (Å²) in [7, 11) is 2.90. The number of ether oxygens (including phenoxy) is 1. The summed E-state index contributed by atoms with van der Waals surface area (Å²) in [6.07, 6.45) is 2.57. The molecule has 0 fully saturated rings. The lowest BCUT2D eigenvalue weighted by Gasteiger charge is -2.17. The minimum absolute atomic E-state index is 0.0378. The molecule has 0 aliphatic carbocycles. The van der Waals surface area contributed by atoms with Crippen LogP contribution in [0.25, 0.3) is 0 Å². The summed E-state index contributed by atoms with van der Waals surface area (Å²) in [4.78, 5) is 44.2. The molecule has 0 radical (unpaired) electrons. The summed E-state index contributed by atoms with van der Waals surface area (Å²) < 4.78 is 5.46. The fourth-order valence-electron chi connectivity index (χ4n) is 3.11. The van der Waals surface area contributed by atoms with Crippen molar-refractivity contribution >= 4 is 40.8 Å². The molecule has 2 amide bonds. The van der Waals surface area contributed by atoms with Crippen LogP contribution in [0.15, 0.2) is 48.8 Å². The van der Waals surface area contributed by atoms with Gasteiger partial charge in [0.2, 0.25) is 0 Å². The molecule has 12 heteroatoms. The molecule has 182 valence electrons. The van der Waals surface area contributed by atoms with Gasteiger partial charge in [-0.2, -0.15) is 0 Å². The number of amides is 2. The third kappa shape index (κ3) is 6.00. The van der Waals surface area contributed by atoms with Crippen molar-refractivity contribution < 1.29 is 29.3 Å². The van der Waals surface area contributed by atoms with Crippen LogP contribution in [0, 0.1) is 0 Å². The van der Waals surface area contributed by atoms with E-state index in [1.165, 1.54) is 38.7 Å². The van der Waals surface area contributed by atoms with E-state index in [2.05, 4.69) is 31.2 Å². The van der Waals surface area contributed by atoms with Gasteiger partial charge in [0.25, 0.3) is 11.8 Å². The molecule has 0 saturated carbocycles. The quantitative estimate of drug-likeness (QED) is 0.251. The number of benzene rings is 1. The normalized spacial score (nSPS) is 10.3. The monoisotopic (exact) mass is 480 g/mol. The van der Waals surface area contributed by atoms with E-state index in [1.54, 1.807) is 24.3 Å². The van der Waals surface area contributed by atoms with Gasteiger partial charge in [0, 0.05) is 32.1 Å². The molecule has 2 aromatic heterocycles. The zero-order valence-electron chi connectivity index (χ0n) is 19.0. The van der Waals surface area contributed by atoms with E-state index in [1.807, 2.05) is 0 Å². The second kappa shape index (κ2) is 11.4. The van der Waals surface area contributed by atoms with Crippen molar-refractivity contribution in [2.75, 3.05) is 37.9 Å². The predicted octanol–water partition coefficient (Wildman–Crippen LogP) is 1.75. The average molecular weight is 480 g/mol. The standard InChI is InChI=1S/C23H24N6O6/c1-24-21(31)15-12-27-19(29-18-7-6-13(11-26-18)23(33)34)10-17(15)28-16-5-3-4-14(20(16)35-2)22(32)25-8-9-30/h3-7,10-12,30H,8-9H2,1-2H3,(H,24,31)(H,25,32)(H,33,34)(H2,26,27,28,29). The number of carbonyl (C=O) groups is 3. The van der Waals surface area contributed by atoms with Crippen molar-refractivity contribution in [3.8, 4) is 5.75 Å². The molecule has 0 spiro atoms. The van der Waals surface area contributed by atoms with Crippen molar-refractivity contribution in [2.45, 2.75) is 0 Å². The van der Waals surface area contributed by atoms with Crippen LogP contribution in [0.2, 0.25) is 0 Å². The number of pyridine rings is 2. The second-order valence-corrected chi connectivity index (χ2v) is 7.05. The minimum atomic E-state index is -1.09. The fourth-order valence-corrected chi connectivity index (χ4v) is 3.11. The van der Waals surface area contributed by atoms with Crippen molar-refractivity contribution in [3.63, 3.8) is 0 Å². The minimum Gasteiger partial charge on any atom is -0.494 e. The van der Waals surface area contributed by atoms with Gasteiger partial charge in [-0.05, 0) is 24.3 Å². The zero-order chi connectivity index (χ0) is 25.4. The molecule has 0 unspecified atom stereocenters. The lowest BCUT2D eigenvalue weighted by Crippen LogP contribution is -2.26. The molecular weight excluding hydrogens is 456 g/mol. The molecule has 6 N–H and O–H groups in total. The highest BCUT2D eigenvalue weighted by molar-refractivity contribution is 6.02. The van der Waals surface area contributed by atoms with Gasteiger partial charge in [0.1, 0.15) is 11.6 Å². The van der Waals surface area contributed by atoms with E-state index in [-0.39, 0.29) is 35.6 Å². The maximum atomic E-state index is 12.5. The van der Waals surface area contributed by atoms with E-state index in [4.69, 9.17) is 14.9 Å². The third-order valence-electron chi connectivity index (χ3n) is 4.77. The Bertz CT molecular complexity index is 1230. The molecule has 3 rings (SSSR count). The van der Waals surface area contributed by atoms with E-state index in [0.717, 1.165) is 0 Å². The Morgan fingerprint density at radius 2 is 1.71 bits per heavy atom. The lowest BCUT2D eigenvalue weighted by atomic mass is 10.1. The molecule has 1 aromatic carbocycles. The smallest absolute Gasteiger partial charge is 0.337 e. The Labute approximate surface area is 200 Å². The molecule has 3 aromatic rings. The topological polar surface area (TPSA) is 175 Å². The van der Waals surface area contributed by atoms with E-state index in [0.29, 0.717) is 23.0 Å². The number of carbonyl (C=O) groups excluding carboxylic acids is 2. The summed E-state index contributed by atoms with van der Waals surface area (Å²) in [5, 5.41) is 29.2. The second-order valence-electron chi connectivity index (χ2n) is 7.05. The lowest BCUT2D eigenvalue weighted by molar-refractivity contribution is 0.0696. The van der Waals surface area contributed by atoms with Crippen LogP contribution in [-0.2, 0) is 0 Å². The van der Waals surface area contributed by atoms with Gasteiger partial charge in [0.15, 0.2) is 5.75 Å². The molecule has 0 aliphatic heterocycles. The third-order valence-corrected chi connectivity index (χ3v) is 4.77. The van der Waals surface area contributed by atoms with Crippen molar-refractivity contribution in [1.82, 2.24) is 20.6 Å². The zero-order valence-corrected chi connectivity index (χ0v) is 19.0. The number of nitrogens with one attached hydrogen (secondary N) is 4. The number of aromatic carboxylic acids is 1. The van der Waals surface area contributed by atoms with E-state index >= 15 is 0 Å². The average Bonchev–Trinajstić information content (AvgIpc) is 2.87. The first kappa shape index (κ1) is 24.9. The van der Waals surface area contributed by atoms with Crippen molar-refractivity contribution in [2.24, 2.45) is 0 Å². The largest absolute Gasteiger partial charge is 0.494 e. The van der Waals surface area contributed by atoms with E-state index < -0.39 is 17.8 Å². The van der Waals surface area contributed by atoms with Gasteiger partial charge in [-0.3, -0.25) is 9.59 Å². The van der Waals surface area contributed by atoms with Crippen LogP contribution in [0.4, 0.5) is 23.0 Å². The number of rotatable bonds is 10. The fraction of sp³-hybridized carbons (Fsp3) is 0.174. The van der Waals surface area contributed by atoms with Crippen LogP contribution in [-0.4, -0.2) is 65.3 Å². The maximum Gasteiger partial charge on any atom is 0.337 e. The predicted molar refractivity (Wildman–Crippen MR) is 128 cm³/mol. The SMILES string of the molecule is CNC(=O)c1cnc(Nc2ccc(C(=O)O)cn2)cc1Nc1cccc(C(=O)NCCO)c1OC. The number of carboxylic acid groups (broad SMARTS) is 1. The van der Waals surface area contributed by atoms with Crippen LogP contribution in [0.3, 0.4) is 0 Å². The van der Waals surface area contributed by atoms with Crippen molar-refractivity contribution in [1.29, 1.82) is 0 Å². The number of carboxylic acids is 1. The Morgan fingerprint density at radius 1 is 0.943 bits per heavy atom. The number of methoxy groups -OCH3 is 1. The van der Waals surface area contributed by atoms with Crippen LogP contribution in [0.1, 0.15) is 31.1 Å². The van der Waals surface area contributed by atoms with Gasteiger partial charge < -0.3 is 36.2 Å². The highest BCUT2D eigenvalue weighted by Gasteiger charge is 2.18. The summed E-state index contributed by atoms with van der Waals surface area (Å²) in [6.45, 7) is -0.122. The Kier molecular flexibility index (Phi) is 8.14. The van der Waals surface area contributed by atoms with Gasteiger partial charge >= 0.3 is 5.97 Å². The molecule has 12 nitrogen and oxygen atoms in total. The van der Waals surface area contributed by atoms with E-state index in [9.17, 15) is 14.4 Å². The number of aromatic nitrogens is 2. The molecule has 2 heterocycles. The maximum absolute atomic E-state index is 12.5. The van der Waals surface area contributed by atoms with Gasteiger partial charge in [-0.1, -0.05) is 6.07 Å². The first-order valence-corrected chi connectivity index (χ1v) is 10.4. The van der Waals surface area contributed by atoms with Crippen molar-refractivity contribution in [3.05, 3.63) is 65.5 Å². The molecular formula is C23H24N6O6. The Balaban J connectivity index is 1.96. The number of hydrogen-bond acceptors (Lipinski definition) is 9.